The summed E-state index contributed by atoms with van der Waals surface area (Å²) in [5.74, 6) is -1.93. The normalized spacial score (nSPS) is 19.8. The Morgan fingerprint density at radius 2 is 2.04 bits per heavy atom. The van der Waals surface area contributed by atoms with E-state index >= 15 is 0 Å². The number of hydrogen-bond donors (Lipinski definition) is 2. The first-order valence-corrected chi connectivity index (χ1v) is 9.00. The van der Waals surface area contributed by atoms with E-state index in [0.717, 1.165) is 17.0 Å². The number of nitrogens with one attached hydrogen (secondary N) is 1. The van der Waals surface area contributed by atoms with Gasteiger partial charge in [0.2, 0.25) is 0 Å². The molecule has 1 aliphatic carbocycles. The molecule has 0 aliphatic heterocycles. The zero-order valence-corrected chi connectivity index (χ0v) is 14.6. The van der Waals surface area contributed by atoms with Crippen LogP contribution in [0.4, 0.5) is 4.39 Å². The molecule has 1 heterocycles. The van der Waals surface area contributed by atoms with Gasteiger partial charge in [0.25, 0.3) is 5.91 Å². The monoisotopic (exact) mass is 362 g/mol. The second-order valence-electron chi connectivity index (χ2n) is 6.28. The van der Waals surface area contributed by atoms with Crippen LogP contribution in [-0.2, 0) is 11.2 Å². The molecule has 1 aromatic carbocycles. The van der Waals surface area contributed by atoms with Gasteiger partial charge < -0.3 is 10.4 Å². The molecule has 3 rings (SSSR count). The second-order valence-corrected chi connectivity index (χ2v) is 7.36. The number of aromatic nitrogens is 1. The number of aliphatic carboxylic acids is 1. The maximum atomic E-state index is 13.0. The molecule has 25 heavy (non-hydrogen) atoms. The molecule has 0 saturated heterocycles. The molecule has 0 unspecified atom stereocenters. The van der Waals surface area contributed by atoms with Crippen molar-refractivity contribution in [2.24, 2.45) is 5.92 Å². The predicted octanol–water partition coefficient (Wildman–Crippen LogP) is 3.16. The molecule has 0 spiro atoms. The molecule has 1 saturated carbocycles. The molecular formula is C18H19FN2O3S. The third-order valence-electron chi connectivity index (χ3n) is 4.47. The van der Waals surface area contributed by atoms with E-state index in [1.54, 1.807) is 19.1 Å². The minimum absolute atomic E-state index is 0.265. The third-order valence-corrected chi connectivity index (χ3v) is 5.62. The highest BCUT2D eigenvalue weighted by molar-refractivity contribution is 7.13. The number of thiazole rings is 1. The van der Waals surface area contributed by atoms with E-state index in [1.165, 1.54) is 23.5 Å². The van der Waals surface area contributed by atoms with Gasteiger partial charge in [0, 0.05) is 12.5 Å². The zero-order chi connectivity index (χ0) is 18.0. The first-order chi connectivity index (χ1) is 11.9. The number of nitrogens with zero attached hydrogens (tertiary/aromatic N) is 1. The van der Waals surface area contributed by atoms with E-state index < -0.39 is 11.9 Å². The summed E-state index contributed by atoms with van der Waals surface area (Å²) in [6, 6.07) is 5.86. The van der Waals surface area contributed by atoms with Gasteiger partial charge in [0.05, 0.1) is 16.6 Å². The lowest BCUT2D eigenvalue weighted by Gasteiger charge is -2.17. The van der Waals surface area contributed by atoms with Gasteiger partial charge in [-0.25, -0.2) is 9.37 Å². The van der Waals surface area contributed by atoms with Gasteiger partial charge in [-0.2, -0.15) is 0 Å². The Morgan fingerprint density at radius 3 is 2.72 bits per heavy atom. The van der Waals surface area contributed by atoms with E-state index in [0.29, 0.717) is 29.8 Å². The van der Waals surface area contributed by atoms with Crippen LogP contribution in [0.15, 0.2) is 24.3 Å². The molecule has 0 radical (unpaired) electrons. The second kappa shape index (κ2) is 7.31. The fourth-order valence-corrected chi connectivity index (χ4v) is 4.18. The Labute approximate surface area is 148 Å². The van der Waals surface area contributed by atoms with Gasteiger partial charge in [-0.1, -0.05) is 18.6 Å². The Morgan fingerprint density at radius 1 is 1.32 bits per heavy atom. The highest BCUT2D eigenvalue weighted by atomic mass is 32.1. The van der Waals surface area contributed by atoms with Gasteiger partial charge in [-0.15, -0.1) is 11.3 Å². The van der Waals surface area contributed by atoms with Crippen LogP contribution in [0.5, 0.6) is 0 Å². The van der Waals surface area contributed by atoms with Crippen LogP contribution < -0.4 is 5.32 Å². The number of carbonyl (C=O) groups excluding carboxylic acids is 1. The van der Waals surface area contributed by atoms with Crippen LogP contribution in [0.2, 0.25) is 0 Å². The lowest BCUT2D eigenvalue weighted by atomic mass is 10.0. The summed E-state index contributed by atoms with van der Waals surface area (Å²) in [4.78, 5) is 28.7. The molecule has 1 fully saturated rings. The van der Waals surface area contributed by atoms with Crippen LogP contribution >= 0.6 is 11.3 Å². The summed E-state index contributed by atoms with van der Waals surface area (Å²) in [7, 11) is 0. The van der Waals surface area contributed by atoms with Crippen molar-refractivity contribution in [3.63, 3.8) is 0 Å². The average Bonchev–Trinajstić information content (AvgIpc) is 3.16. The van der Waals surface area contributed by atoms with Crippen molar-refractivity contribution < 1.29 is 19.1 Å². The molecule has 5 nitrogen and oxygen atoms in total. The van der Waals surface area contributed by atoms with Crippen LogP contribution in [0.1, 0.15) is 45.2 Å². The maximum absolute atomic E-state index is 13.0. The SMILES string of the molecule is Cc1nc(Cc2ccc(F)cc2)sc1C(=O)N[C@@H]1CCC[C@@H]1C(=O)O. The van der Waals surface area contributed by atoms with Crippen LogP contribution in [0, 0.1) is 18.7 Å². The average molecular weight is 362 g/mol. The number of rotatable bonds is 5. The first-order valence-electron chi connectivity index (χ1n) is 8.18. The fraction of sp³-hybridized carbons (Fsp3) is 0.389. The summed E-state index contributed by atoms with van der Waals surface area (Å²) in [6.07, 6.45) is 2.61. The van der Waals surface area contributed by atoms with E-state index in [9.17, 15) is 19.1 Å². The molecule has 2 atom stereocenters. The van der Waals surface area contributed by atoms with Crippen molar-refractivity contribution in [2.75, 3.05) is 0 Å². The zero-order valence-electron chi connectivity index (χ0n) is 13.8. The van der Waals surface area contributed by atoms with Gasteiger partial charge in [0.1, 0.15) is 10.7 Å². The van der Waals surface area contributed by atoms with Crippen molar-refractivity contribution in [2.45, 2.75) is 38.6 Å². The number of carboxylic acid groups (broad SMARTS) is 1. The standard InChI is InChI=1S/C18H19FN2O3S/c1-10-16(17(22)21-14-4-2-3-13(14)18(23)24)25-15(20-10)9-11-5-7-12(19)8-6-11/h5-8,13-14H,2-4,9H2,1H3,(H,21,22)(H,23,24)/t13-,14+/m0/s1. The molecule has 1 aromatic heterocycles. The van der Waals surface area contributed by atoms with E-state index in [-0.39, 0.29) is 17.8 Å². The number of amides is 1. The Kier molecular flexibility index (Phi) is 5.13. The molecule has 0 bridgehead atoms. The van der Waals surface area contributed by atoms with Crippen molar-refractivity contribution in [3.05, 3.63) is 51.2 Å². The Bertz CT molecular complexity index is 788. The van der Waals surface area contributed by atoms with Crippen LogP contribution in [0.3, 0.4) is 0 Å². The van der Waals surface area contributed by atoms with Crippen LogP contribution in [0.25, 0.3) is 0 Å². The highest BCUT2D eigenvalue weighted by Crippen LogP contribution is 2.27. The van der Waals surface area contributed by atoms with Gasteiger partial charge in [-0.05, 0) is 37.5 Å². The van der Waals surface area contributed by atoms with E-state index in [1.807, 2.05) is 0 Å². The quantitative estimate of drug-likeness (QED) is 0.856. The number of benzene rings is 1. The fourth-order valence-electron chi connectivity index (χ4n) is 3.18. The summed E-state index contributed by atoms with van der Waals surface area (Å²) >= 11 is 1.30. The van der Waals surface area contributed by atoms with Crippen molar-refractivity contribution in [3.8, 4) is 0 Å². The smallest absolute Gasteiger partial charge is 0.308 e. The lowest BCUT2D eigenvalue weighted by molar-refractivity contribution is -0.142. The number of hydrogen-bond acceptors (Lipinski definition) is 4. The van der Waals surface area contributed by atoms with Gasteiger partial charge in [-0.3, -0.25) is 9.59 Å². The molecule has 7 heteroatoms. The summed E-state index contributed by atoms with van der Waals surface area (Å²) in [5.41, 5.74) is 1.55. The molecule has 1 aliphatic rings. The Balaban J connectivity index is 1.70. The number of aryl methyl sites for hydroxylation is 1. The predicted molar refractivity (Wildman–Crippen MR) is 92.3 cm³/mol. The van der Waals surface area contributed by atoms with Crippen molar-refractivity contribution in [1.82, 2.24) is 10.3 Å². The molecule has 2 N–H and O–H groups in total. The highest BCUT2D eigenvalue weighted by Gasteiger charge is 2.34. The third kappa shape index (κ3) is 4.04. The topological polar surface area (TPSA) is 79.3 Å². The number of carboxylic acids is 1. The molecular weight excluding hydrogens is 343 g/mol. The largest absolute Gasteiger partial charge is 0.481 e. The molecule has 132 valence electrons. The summed E-state index contributed by atoms with van der Waals surface area (Å²) < 4.78 is 13.0. The minimum Gasteiger partial charge on any atom is -0.481 e. The minimum atomic E-state index is -0.860. The molecule has 2 aromatic rings. The first kappa shape index (κ1) is 17.5. The van der Waals surface area contributed by atoms with Gasteiger partial charge >= 0.3 is 5.97 Å². The summed E-state index contributed by atoms with van der Waals surface area (Å²) in [5, 5.41) is 12.8. The summed E-state index contributed by atoms with van der Waals surface area (Å²) in [6.45, 7) is 1.77. The van der Waals surface area contributed by atoms with Gasteiger partial charge in [0.15, 0.2) is 0 Å². The Hall–Kier alpha value is -2.28. The maximum Gasteiger partial charge on any atom is 0.308 e. The van der Waals surface area contributed by atoms with Crippen molar-refractivity contribution in [1.29, 1.82) is 0 Å². The van der Waals surface area contributed by atoms with Crippen molar-refractivity contribution >= 4 is 23.2 Å². The lowest BCUT2D eigenvalue weighted by Crippen LogP contribution is -2.40. The number of carbonyl (C=O) groups is 2. The molecule has 1 amide bonds. The van der Waals surface area contributed by atoms with Crippen LogP contribution in [-0.4, -0.2) is 28.0 Å². The van der Waals surface area contributed by atoms with E-state index in [4.69, 9.17) is 0 Å². The number of halogens is 1. The van der Waals surface area contributed by atoms with E-state index in [2.05, 4.69) is 10.3 Å².